The Labute approximate surface area is 142 Å². The van der Waals surface area contributed by atoms with Crippen LogP contribution in [-0.2, 0) is 9.53 Å². The second kappa shape index (κ2) is 4.59. The zero-order chi connectivity index (χ0) is 16.6. The molecule has 1 N–H and O–H groups in total. The normalized spacial score (nSPS) is 43.6. The molecule has 5 atom stereocenters. The Hall–Kier alpha value is -0.900. The fourth-order valence-electron chi connectivity index (χ4n) is 5.10. The summed E-state index contributed by atoms with van der Waals surface area (Å²) in [7, 11) is 0. The predicted octanol–water partition coefficient (Wildman–Crippen LogP) is 3.93. The van der Waals surface area contributed by atoms with Gasteiger partial charge in [0.15, 0.2) is 5.78 Å². The Kier molecular flexibility index (Phi) is 3.12. The Morgan fingerprint density at radius 1 is 1.26 bits per heavy atom. The second-order valence-electron chi connectivity index (χ2n) is 8.25. The fraction of sp³-hybridized carbons (Fsp3) is 0.632. The number of hydrogen-bond acceptors (Lipinski definition) is 3. The average molecular weight is 335 g/mol. The van der Waals surface area contributed by atoms with Crippen molar-refractivity contribution in [1.29, 1.82) is 0 Å². The predicted molar refractivity (Wildman–Crippen MR) is 88.3 cm³/mol. The number of aliphatic hydroxyl groups is 1. The van der Waals surface area contributed by atoms with E-state index >= 15 is 0 Å². The number of rotatable bonds is 3. The van der Waals surface area contributed by atoms with Crippen LogP contribution in [0.4, 0.5) is 0 Å². The highest BCUT2D eigenvalue weighted by Crippen LogP contribution is 2.70. The second-order valence-corrected chi connectivity index (χ2v) is 8.68. The number of fused-ring (bicyclic) bond motifs is 2. The summed E-state index contributed by atoms with van der Waals surface area (Å²) in [6.07, 6.45) is 1.82. The SMILES string of the molecule is CC1(C)[C@@H]2CC[C@@]1(C)[C@@](O)(C(=O)[C@H]1O[C@@H]1c1ccc(Cl)cc1)C2. The lowest BCUT2D eigenvalue weighted by atomic mass is 9.62. The van der Waals surface area contributed by atoms with Gasteiger partial charge in [-0.25, -0.2) is 0 Å². The number of benzene rings is 1. The van der Waals surface area contributed by atoms with E-state index in [2.05, 4.69) is 20.8 Å². The smallest absolute Gasteiger partial charge is 0.196 e. The van der Waals surface area contributed by atoms with Crippen LogP contribution in [0.25, 0.3) is 0 Å². The Morgan fingerprint density at radius 3 is 2.43 bits per heavy atom. The van der Waals surface area contributed by atoms with Crippen molar-refractivity contribution in [3.05, 3.63) is 34.9 Å². The monoisotopic (exact) mass is 334 g/mol. The zero-order valence-corrected chi connectivity index (χ0v) is 14.6. The first-order valence-electron chi connectivity index (χ1n) is 8.38. The van der Waals surface area contributed by atoms with Gasteiger partial charge in [0.25, 0.3) is 0 Å². The third kappa shape index (κ3) is 1.87. The molecule has 3 aliphatic rings. The molecule has 2 aliphatic carbocycles. The molecule has 0 radical (unpaired) electrons. The summed E-state index contributed by atoms with van der Waals surface area (Å²) in [5.41, 5.74) is -0.685. The molecule has 1 aromatic carbocycles. The summed E-state index contributed by atoms with van der Waals surface area (Å²) in [4.78, 5) is 13.1. The molecule has 0 unspecified atom stereocenters. The van der Waals surface area contributed by atoms with Gasteiger partial charge in [-0.1, -0.05) is 44.5 Å². The Bertz CT molecular complexity index is 668. The van der Waals surface area contributed by atoms with Crippen LogP contribution in [0.2, 0.25) is 5.02 Å². The first-order valence-corrected chi connectivity index (χ1v) is 8.76. The van der Waals surface area contributed by atoms with E-state index < -0.39 is 11.7 Å². The molecule has 0 aromatic heterocycles. The summed E-state index contributed by atoms with van der Waals surface area (Å²) < 4.78 is 5.65. The Balaban J connectivity index is 1.58. The van der Waals surface area contributed by atoms with Crippen LogP contribution in [0.3, 0.4) is 0 Å². The van der Waals surface area contributed by atoms with Gasteiger partial charge in [0.2, 0.25) is 0 Å². The molecule has 3 nitrogen and oxygen atoms in total. The Morgan fingerprint density at radius 2 is 1.91 bits per heavy atom. The molecule has 1 saturated heterocycles. The van der Waals surface area contributed by atoms with Crippen LogP contribution in [0, 0.1) is 16.7 Å². The molecular weight excluding hydrogens is 312 g/mol. The van der Waals surface area contributed by atoms with Crippen molar-refractivity contribution in [3.8, 4) is 0 Å². The van der Waals surface area contributed by atoms with Crippen molar-refractivity contribution < 1.29 is 14.6 Å². The van der Waals surface area contributed by atoms with Crippen LogP contribution in [-0.4, -0.2) is 22.6 Å². The van der Waals surface area contributed by atoms with Crippen molar-refractivity contribution in [2.45, 2.75) is 57.8 Å². The van der Waals surface area contributed by atoms with Gasteiger partial charge in [-0.2, -0.15) is 0 Å². The maximum absolute atomic E-state index is 13.1. The molecule has 2 bridgehead atoms. The number of carbonyl (C=O) groups is 1. The largest absolute Gasteiger partial charge is 0.381 e. The van der Waals surface area contributed by atoms with Gasteiger partial charge in [-0.3, -0.25) is 4.79 Å². The summed E-state index contributed by atoms with van der Waals surface area (Å²) in [6, 6.07) is 7.38. The molecular formula is C19H23ClO3. The molecule has 23 heavy (non-hydrogen) atoms. The quantitative estimate of drug-likeness (QED) is 0.852. The zero-order valence-electron chi connectivity index (χ0n) is 13.8. The number of Topliss-reactive ketones (excluding diaryl/α,β-unsaturated/α-hetero) is 1. The van der Waals surface area contributed by atoms with Crippen molar-refractivity contribution >= 4 is 17.4 Å². The molecule has 1 aliphatic heterocycles. The topological polar surface area (TPSA) is 49.8 Å². The maximum atomic E-state index is 13.1. The summed E-state index contributed by atoms with van der Waals surface area (Å²) >= 11 is 5.91. The molecule has 1 heterocycles. The van der Waals surface area contributed by atoms with E-state index in [1.165, 1.54) is 0 Å². The van der Waals surface area contributed by atoms with Gasteiger partial charge in [-0.05, 0) is 48.3 Å². The lowest BCUT2D eigenvalue weighted by Crippen LogP contribution is -2.54. The molecule has 0 spiro atoms. The van der Waals surface area contributed by atoms with E-state index in [1.807, 2.05) is 12.1 Å². The molecule has 1 aromatic rings. The maximum Gasteiger partial charge on any atom is 0.196 e. The third-order valence-corrected chi connectivity index (χ3v) is 7.50. The van der Waals surface area contributed by atoms with Gasteiger partial charge in [0.05, 0.1) is 0 Å². The highest BCUT2D eigenvalue weighted by molar-refractivity contribution is 6.30. The van der Waals surface area contributed by atoms with E-state index in [0.717, 1.165) is 18.4 Å². The number of halogens is 1. The van der Waals surface area contributed by atoms with Gasteiger partial charge in [0, 0.05) is 10.4 Å². The van der Waals surface area contributed by atoms with E-state index in [-0.39, 0.29) is 22.7 Å². The van der Waals surface area contributed by atoms with Crippen LogP contribution in [0.1, 0.15) is 51.7 Å². The number of ether oxygens (including phenoxy) is 1. The van der Waals surface area contributed by atoms with E-state index in [0.29, 0.717) is 17.4 Å². The number of carbonyl (C=O) groups excluding carboxylic acids is 1. The van der Waals surface area contributed by atoms with Crippen molar-refractivity contribution in [3.63, 3.8) is 0 Å². The number of ketones is 1. The first kappa shape index (κ1) is 15.6. The first-order chi connectivity index (χ1) is 10.7. The molecule has 4 heteroatoms. The van der Waals surface area contributed by atoms with Crippen molar-refractivity contribution in [1.82, 2.24) is 0 Å². The summed E-state index contributed by atoms with van der Waals surface area (Å²) in [5, 5.41) is 12.0. The van der Waals surface area contributed by atoms with Crippen molar-refractivity contribution in [2.24, 2.45) is 16.7 Å². The number of epoxide rings is 1. The van der Waals surface area contributed by atoms with E-state index in [1.54, 1.807) is 12.1 Å². The molecule has 3 fully saturated rings. The van der Waals surface area contributed by atoms with Crippen molar-refractivity contribution in [2.75, 3.05) is 0 Å². The van der Waals surface area contributed by atoms with Crippen LogP contribution in [0.15, 0.2) is 24.3 Å². The molecule has 2 saturated carbocycles. The van der Waals surface area contributed by atoms with Crippen LogP contribution in [0.5, 0.6) is 0 Å². The number of hydrogen-bond donors (Lipinski definition) is 1. The van der Waals surface area contributed by atoms with Gasteiger partial charge >= 0.3 is 0 Å². The third-order valence-electron chi connectivity index (χ3n) is 7.25. The lowest BCUT2D eigenvalue weighted by molar-refractivity contribution is -0.156. The van der Waals surface area contributed by atoms with E-state index in [4.69, 9.17) is 16.3 Å². The van der Waals surface area contributed by atoms with Gasteiger partial charge in [0.1, 0.15) is 17.8 Å². The minimum Gasteiger partial charge on any atom is -0.381 e. The fourth-order valence-corrected chi connectivity index (χ4v) is 5.23. The van der Waals surface area contributed by atoms with Gasteiger partial charge in [-0.15, -0.1) is 0 Å². The molecule has 4 rings (SSSR count). The van der Waals surface area contributed by atoms with Crippen LogP contribution < -0.4 is 0 Å². The molecule has 124 valence electrons. The highest BCUT2D eigenvalue weighted by Gasteiger charge is 2.73. The summed E-state index contributed by atoms with van der Waals surface area (Å²) in [6.45, 7) is 6.47. The lowest BCUT2D eigenvalue weighted by Gasteiger charge is -2.44. The van der Waals surface area contributed by atoms with Gasteiger partial charge < -0.3 is 9.84 Å². The summed E-state index contributed by atoms with van der Waals surface area (Å²) in [5.74, 6) is 0.282. The van der Waals surface area contributed by atoms with E-state index in [9.17, 15) is 9.90 Å². The minimum atomic E-state index is -1.26. The highest BCUT2D eigenvalue weighted by atomic mass is 35.5. The molecule has 0 amide bonds. The standard InChI is InChI=1S/C19H23ClO3/c1-17(2)12-8-9-18(17,3)19(22,10-12)16(21)15-14(23-15)11-4-6-13(20)7-5-11/h4-7,12,14-15,22H,8-10H2,1-3H3/t12-,14-,15+,18-,19+/m1/s1. The van der Waals surface area contributed by atoms with Crippen LogP contribution >= 0.6 is 11.6 Å². The minimum absolute atomic E-state index is 0.0118. The average Bonchev–Trinajstić information content (AvgIpc) is 3.23.